The number of ether oxygens (including phenoxy) is 1. The number of allylic oxidation sites excluding steroid dienone is 2. The second-order valence-corrected chi connectivity index (χ2v) is 11.3. The Bertz CT molecular complexity index is 1650. The summed E-state index contributed by atoms with van der Waals surface area (Å²) in [4.78, 5) is 43.3. The average Bonchev–Trinajstić information content (AvgIpc) is 3.89. The van der Waals surface area contributed by atoms with E-state index in [1.807, 2.05) is 30.0 Å². The van der Waals surface area contributed by atoms with Gasteiger partial charge in [0.25, 0.3) is 5.91 Å². The zero-order valence-corrected chi connectivity index (χ0v) is 26.2. The van der Waals surface area contributed by atoms with Gasteiger partial charge in [0, 0.05) is 54.4 Å². The Balaban J connectivity index is 1.36. The van der Waals surface area contributed by atoms with E-state index < -0.39 is 5.91 Å². The van der Waals surface area contributed by atoms with Crippen LogP contribution in [0.3, 0.4) is 0 Å². The Morgan fingerprint density at radius 1 is 1.18 bits per heavy atom. The minimum Gasteiger partial charge on any atom is -0.494 e. The largest absolute Gasteiger partial charge is 0.494 e. The molecule has 13 heteroatoms. The van der Waals surface area contributed by atoms with Crippen LogP contribution < -0.4 is 26.0 Å². The summed E-state index contributed by atoms with van der Waals surface area (Å²) < 4.78 is 6.85. The van der Waals surface area contributed by atoms with Crippen LogP contribution in [0.5, 0.6) is 5.75 Å². The highest BCUT2D eigenvalue weighted by molar-refractivity contribution is 9.12. The first kappa shape index (κ1) is 30.7. The number of amides is 2. The summed E-state index contributed by atoms with van der Waals surface area (Å²) in [6.07, 6.45) is 9.72. The Kier molecular flexibility index (Phi) is 9.56. The maximum Gasteiger partial charge on any atom is 0.273 e. The van der Waals surface area contributed by atoms with Crippen LogP contribution in [0.1, 0.15) is 41.7 Å². The van der Waals surface area contributed by atoms with Gasteiger partial charge in [-0.2, -0.15) is 0 Å². The number of aromatic nitrogens is 2. The molecule has 1 aromatic heterocycles. The van der Waals surface area contributed by atoms with Crippen molar-refractivity contribution in [3.8, 4) is 5.75 Å². The van der Waals surface area contributed by atoms with Crippen molar-refractivity contribution in [2.45, 2.75) is 25.7 Å². The number of nitrogens with one attached hydrogen (secondary N) is 4. The van der Waals surface area contributed by atoms with Crippen LogP contribution in [-0.4, -0.2) is 73.0 Å². The zero-order valence-electron chi connectivity index (χ0n) is 24.7. The van der Waals surface area contributed by atoms with Crippen LogP contribution >= 0.6 is 15.9 Å². The van der Waals surface area contributed by atoms with E-state index in [1.165, 1.54) is 7.05 Å². The first-order chi connectivity index (χ1) is 21.3. The fourth-order valence-corrected chi connectivity index (χ4v) is 5.37. The lowest BCUT2D eigenvalue weighted by Crippen LogP contribution is -2.34. The molecule has 3 aliphatic rings. The van der Waals surface area contributed by atoms with Crippen LogP contribution in [0.15, 0.2) is 63.4 Å². The Hall–Kier alpha value is -4.74. The molecular formula is C31H33BrN8O4. The van der Waals surface area contributed by atoms with Crippen molar-refractivity contribution in [1.82, 2.24) is 25.7 Å². The number of methoxy groups -OCH3 is 1. The van der Waals surface area contributed by atoms with Crippen molar-refractivity contribution < 1.29 is 19.1 Å². The summed E-state index contributed by atoms with van der Waals surface area (Å²) in [5.74, 6) is 2.63. The van der Waals surface area contributed by atoms with Gasteiger partial charge in [0.15, 0.2) is 29.0 Å². The monoisotopic (exact) mass is 660 g/mol. The third kappa shape index (κ3) is 6.90. The Labute approximate surface area is 263 Å². The molecule has 2 aromatic rings. The van der Waals surface area contributed by atoms with Crippen LogP contribution in [-0.2, 0) is 9.59 Å². The van der Waals surface area contributed by atoms with Gasteiger partial charge in [0.1, 0.15) is 5.75 Å². The zero-order chi connectivity index (χ0) is 31.2. The number of para-hydroxylation sites is 1. The second kappa shape index (κ2) is 13.7. The van der Waals surface area contributed by atoms with Crippen molar-refractivity contribution in [1.29, 1.82) is 0 Å². The SMILES string of the molecule is CNC(=O)c1nnc(NC(=O)C2CC2)cc1Nc1cccc(C2=CNC(C(=C=O)N(C)CC3=CCCC=C3Br)=NC2)c1OC. The third-order valence-corrected chi connectivity index (χ3v) is 8.19. The first-order valence-electron chi connectivity index (χ1n) is 14.2. The summed E-state index contributed by atoms with van der Waals surface area (Å²) in [6.45, 7) is 0.819. The highest BCUT2D eigenvalue weighted by Crippen LogP contribution is 2.37. The number of carbonyl (C=O) groups excluding carboxylic acids is 3. The maximum absolute atomic E-state index is 12.6. The second-order valence-electron chi connectivity index (χ2n) is 10.5. The number of rotatable bonds is 11. The molecule has 2 amide bonds. The first-order valence-corrected chi connectivity index (χ1v) is 15.0. The van der Waals surface area contributed by atoms with Crippen molar-refractivity contribution >= 4 is 62.3 Å². The lowest BCUT2D eigenvalue weighted by molar-refractivity contribution is -0.117. The van der Waals surface area contributed by atoms with Crippen molar-refractivity contribution in [3.05, 3.63) is 69.6 Å². The quantitative estimate of drug-likeness (QED) is 0.263. The smallest absolute Gasteiger partial charge is 0.273 e. The van der Waals surface area contributed by atoms with E-state index in [9.17, 15) is 14.4 Å². The summed E-state index contributed by atoms with van der Waals surface area (Å²) in [6, 6.07) is 7.12. The topological polar surface area (TPSA) is 150 Å². The van der Waals surface area contributed by atoms with Crippen molar-refractivity contribution in [3.63, 3.8) is 0 Å². The van der Waals surface area contributed by atoms with Gasteiger partial charge >= 0.3 is 0 Å². The maximum atomic E-state index is 12.6. The number of aliphatic imine (C=N–C) groups is 1. The molecule has 4 N–H and O–H groups in total. The molecule has 0 unspecified atom stereocenters. The molecule has 1 aromatic carbocycles. The molecule has 228 valence electrons. The van der Waals surface area contributed by atoms with Crippen molar-refractivity contribution in [2.75, 3.05) is 44.9 Å². The van der Waals surface area contributed by atoms with Gasteiger partial charge < -0.3 is 30.9 Å². The number of anilines is 3. The van der Waals surface area contributed by atoms with Gasteiger partial charge in [-0.3, -0.25) is 14.6 Å². The molecule has 1 aliphatic heterocycles. The number of nitrogens with zero attached hydrogens (tertiary/aromatic N) is 4. The van der Waals surface area contributed by atoms with E-state index in [0.717, 1.165) is 46.9 Å². The van der Waals surface area contributed by atoms with E-state index in [4.69, 9.17) is 4.74 Å². The van der Waals surface area contributed by atoms with Crippen LogP contribution in [0.2, 0.25) is 0 Å². The summed E-state index contributed by atoms with van der Waals surface area (Å²) >= 11 is 3.60. The molecule has 0 atom stereocenters. The molecule has 5 rings (SSSR count). The fourth-order valence-electron chi connectivity index (χ4n) is 4.86. The van der Waals surface area contributed by atoms with E-state index in [-0.39, 0.29) is 29.9 Å². The lowest BCUT2D eigenvalue weighted by Gasteiger charge is -2.25. The van der Waals surface area contributed by atoms with Crippen molar-refractivity contribution in [2.24, 2.45) is 10.9 Å². The average molecular weight is 662 g/mol. The number of likely N-dealkylation sites (N-methyl/N-ethyl adjacent to an activating group) is 1. The molecule has 44 heavy (non-hydrogen) atoms. The molecule has 12 nitrogen and oxygen atoms in total. The predicted molar refractivity (Wildman–Crippen MR) is 173 cm³/mol. The van der Waals surface area contributed by atoms with Gasteiger partial charge in [-0.25, -0.2) is 4.79 Å². The third-order valence-electron chi connectivity index (χ3n) is 7.36. The normalized spacial score (nSPS) is 15.7. The minimum absolute atomic E-state index is 0.0173. The molecule has 2 heterocycles. The standard InChI is InChI=1S/C31H33BrN8O4/c1-33-31(43)27-24(13-26(38-39-27)37-30(42)18-11-12-18)36-23-10-6-8-21(28(23)44-3)20-14-34-29(35-15-20)25(17-41)40(2)16-19-7-4-5-9-22(19)32/h6-10,13-14,18H,4-5,11-12,15-16H2,1-3H3,(H,33,43)(H,34,35)(H2,36,37,38,42). The number of hydrogen-bond acceptors (Lipinski definition) is 10. The van der Waals surface area contributed by atoms with E-state index in [2.05, 4.69) is 64.5 Å². The molecule has 0 bridgehead atoms. The summed E-state index contributed by atoms with van der Waals surface area (Å²) in [5, 5.41) is 19.8. The van der Waals surface area contributed by atoms with Crippen LogP contribution in [0.4, 0.5) is 17.2 Å². The highest BCUT2D eigenvalue weighted by atomic mass is 79.9. The number of hydrogen-bond donors (Lipinski definition) is 4. The molecule has 1 fully saturated rings. The van der Waals surface area contributed by atoms with Gasteiger partial charge in [-0.05, 0) is 37.3 Å². The van der Waals surface area contributed by atoms with Gasteiger partial charge in [-0.1, -0.05) is 40.2 Å². The highest BCUT2D eigenvalue weighted by Gasteiger charge is 2.30. The van der Waals surface area contributed by atoms with E-state index in [1.54, 1.807) is 25.4 Å². The van der Waals surface area contributed by atoms with Crippen LogP contribution in [0.25, 0.3) is 5.57 Å². The summed E-state index contributed by atoms with van der Waals surface area (Å²) in [5.41, 5.74) is 3.97. The lowest BCUT2D eigenvalue weighted by atomic mass is 10.0. The molecule has 0 saturated heterocycles. The van der Waals surface area contributed by atoms with E-state index >= 15 is 0 Å². The molecule has 2 aliphatic carbocycles. The molecular weight excluding hydrogens is 628 g/mol. The molecule has 1 saturated carbocycles. The minimum atomic E-state index is -0.441. The van der Waals surface area contributed by atoms with Gasteiger partial charge in [0.05, 0.1) is 25.0 Å². The number of benzene rings is 1. The number of halogens is 1. The number of amidine groups is 1. The Morgan fingerprint density at radius 2 is 1.98 bits per heavy atom. The van der Waals surface area contributed by atoms with Gasteiger partial charge in [0.2, 0.25) is 5.91 Å². The fraction of sp³-hybridized carbons (Fsp3) is 0.323. The predicted octanol–water partition coefficient (Wildman–Crippen LogP) is 3.93. The molecule has 0 radical (unpaired) electrons. The summed E-state index contributed by atoms with van der Waals surface area (Å²) in [7, 11) is 4.89. The Morgan fingerprint density at radius 3 is 2.64 bits per heavy atom. The molecule has 0 spiro atoms. The van der Waals surface area contributed by atoms with E-state index in [0.29, 0.717) is 35.2 Å². The van der Waals surface area contributed by atoms with Gasteiger partial charge in [-0.15, -0.1) is 10.2 Å². The number of carbonyl (C=O) groups is 2. The van der Waals surface area contributed by atoms with Crippen LogP contribution in [0, 0.1) is 5.92 Å².